The van der Waals surface area contributed by atoms with Crippen LogP contribution in [-0.4, -0.2) is 11.5 Å². The third-order valence-electron chi connectivity index (χ3n) is 4.07. The van der Waals surface area contributed by atoms with E-state index in [9.17, 15) is 9.18 Å². The SMILES string of the molecule is CCCNc1nc2ccccc2c2c(=O)c3cc(F)cc(Cl)c3sc12. The first kappa shape index (κ1) is 16.2. The molecule has 0 fully saturated rings. The molecule has 2 heterocycles. The van der Waals surface area contributed by atoms with Gasteiger partial charge >= 0.3 is 0 Å². The molecular weight excluding hydrogens is 359 g/mol. The fourth-order valence-corrected chi connectivity index (χ4v) is 4.42. The number of hydrogen-bond donors (Lipinski definition) is 1. The van der Waals surface area contributed by atoms with Crippen molar-refractivity contribution >= 4 is 59.8 Å². The molecular formula is C19H14ClFN2OS. The summed E-state index contributed by atoms with van der Waals surface area (Å²) in [4.78, 5) is 17.8. The molecule has 4 aromatic rings. The lowest BCUT2D eigenvalue weighted by Gasteiger charge is -2.11. The van der Waals surface area contributed by atoms with Crippen molar-refractivity contribution < 1.29 is 4.39 Å². The van der Waals surface area contributed by atoms with E-state index in [0.717, 1.165) is 28.6 Å². The number of halogens is 2. The van der Waals surface area contributed by atoms with Crippen molar-refractivity contribution in [2.75, 3.05) is 11.9 Å². The summed E-state index contributed by atoms with van der Waals surface area (Å²) in [7, 11) is 0. The van der Waals surface area contributed by atoms with Crippen LogP contribution in [0.15, 0.2) is 41.2 Å². The van der Waals surface area contributed by atoms with Gasteiger partial charge < -0.3 is 5.32 Å². The van der Waals surface area contributed by atoms with E-state index in [4.69, 9.17) is 11.6 Å². The summed E-state index contributed by atoms with van der Waals surface area (Å²) in [5, 5.41) is 5.17. The van der Waals surface area contributed by atoms with E-state index in [-0.39, 0.29) is 10.5 Å². The second-order valence-corrected chi connectivity index (χ2v) is 7.23. The summed E-state index contributed by atoms with van der Waals surface area (Å²) < 4.78 is 15.1. The fraction of sp³-hybridized carbons (Fsp3) is 0.158. The van der Waals surface area contributed by atoms with Crippen LogP contribution in [0.2, 0.25) is 5.02 Å². The van der Waals surface area contributed by atoms with Gasteiger partial charge in [-0.3, -0.25) is 4.79 Å². The Hall–Kier alpha value is -2.24. The van der Waals surface area contributed by atoms with Gasteiger partial charge in [-0.2, -0.15) is 0 Å². The number of para-hydroxylation sites is 1. The number of benzene rings is 2. The predicted octanol–water partition coefficient (Wildman–Crippen LogP) is 5.58. The molecule has 0 bridgehead atoms. The van der Waals surface area contributed by atoms with E-state index >= 15 is 0 Å². The van der Waals surface area contributed by atoms with E-state index in [2.05, 4.69) is 17.2 Å². The van der Waals surface area contributed by atoms with E-state index < -0.39 is 5.82 Å². The van der Waals surface area contributed by atoms with Gasteiger partial charge in [0.15, 0.2) is 5.43 Å². The largest absolute Gasteiger partial charge is 0.369 e. The van der Waals surface area contributed by atoms with Gasteiger partial charge in [-0.05, 0) is 24.6 Å². The van der Waals surface area contributed by atoms with Gasteiger partial charge in [-0.25, -0.2) is 9.37 Å². The van der Waals surface area contributed by atoms with Gasteiger partial charge in [0.1, 0.15) is 11.6 Å². The first-order valence-electron chi connectivity index (χ1n) is 7.98. The van der Waals surface area contributed by atoms with Crippen LogP contribution in [0.4, 0.5) is 10.2 Å². The summed E-state index contributed by atoms with van der Waals surface area (Å²) >= 11 is 7.57. The molecule has 1 N–H and O–H groups in total. The molecule has 0 spiro atoms. The molecule has 3 nitrogen and oxygen atoms in total. The Morgan fingerprint density at radius 3 is 2.80 bits per heavy atom. The molecule has 2 aromatic carbocycles. The van der Waals surface area contributed by atoms with Crippen molar-refractivity contribution in [3.8, 4) is 0 Å². The van der Waals surface area contributed by atoms with Crippen LogP contribution in [0.3, 0.4) is 0 Å². The van der Waals surface area contributed by atoms with Crippen LogP contribution >= 0.6 is 22.9 Å². The highest BCUT2D eigenvalue weighted by atomic mass is 35.5. The maximum absolute atomic E-state index is 13.8. The number of fused-ring (bicyclic) bond motifs is 4. The summed E-state index contributed by atoms with van der Waals surface area (Å²) in [6.45, 7) is 2.81. The molecule has 6 heteroatoms. The second-order valence-electron chi connectivity index (χ2n) is 5.80. The van der Waals surface area contributed by atoms with Gasteiger partial charge in [0.05, 0.1) is 25.3 Å². The molecule has 2 aromatic heterocycles. The smallest absolute Gasteiger partial charge is 0.196 e. The molecule has 0 saturated heterocycles. The normalized spacial score (nSPS) is 11.5. The molecule has 0 aliphatic rings. The third kappa shape index (κ3) is 2.64. The lowest BCUT2D eigenvalue weighted by Crippen LogP contribution is -2.07. The number of pyridine rings is 1. The van der Waals surface area contributed by atoms with E-state index in [0.29, 0.717) is 21.3 Å². The quantitative estimate of drug-likeness (QED) is 0.377. The number of aromatic nitrogens is 1. The highest BCUT2D eigenvalue weighted by Crippen LogP contribution is 2.36. The van der Waals surface area contributed by atoms with Crippen molar-refractivity contribution in [2.24, 2.45) is 0 Å². The maximum atomic E-state index is 13.8. The number of nitrogens with zero attached hydrogens (tertiary/aromatic N) is 1. The Kier molecular flexibility index (Phi) is 4.06. The number of anilines is 1. The Balaban J connectivity index is 2.24. The van der Waals surface area contributed by atoms with E-state index in [1.165, 1.54) is 23.5 Å². The highest BCUT2D eigenvalue weighted by Gasteiger charge is 2.16. The molecule has 0 saturated carbocycles. The number of rotatable bonds is 3. The Morgan fingerprint density at radius 2 is 2.00 bits per heavy atom. The first-order valence-corrected chi connectivity index (χ1v) is 9.17. The third-order valence-corrected chi connectivity index (χ3v) is 5.73. The van der Waals surface area contributed by atoms with Crippen LogP contribution < -0.4 is 10.7 Å². The zero-order valence-corrected chi connectivity index (χ0v) is 15.0. The van der Waals surface area contributed by atoms with Gasteiger partial charge in [0.25, 0.3) is 0 Å². The molecule has 0 aliphatic carbocycles. The molecule has 0 radical (unpaired) electrons. The Morgan fingerprint density at radius 1 is 1.20 bits per heavy atom. The summed E-state index contributed by atoms with van der Waals surface area (Å²) in [5.74, 6) is 0.156. The van der Waals surface area contributed by atoms with Crippen LogP contribution in [-0.2, 0) is 0 Å². The lowest BCUT2D eigenvalue weighted by atomic mass is 10.1. The van der Waals surface area contributed by atoms with Crippen molar-refractivity contribution in [3.05, 3.63) is 57.5 Å². The maximum Gasteiger partial charge on any atom is 0.196 e. The summed E-state index contributed by atoms with van der Waals surface area (Å²) in [6.07, 6.45) is 0.935. The topological polar surface area (TPSA) is 42.0 Å². The molecule has 0 amide bonds. The van der Waals surface area contributed by atoms with Crippen LogP contribution in [0.5, 0.6) is 0 Å². The average Bonchev–Trinajstić information content (AvgIpc) is 2.60. The lowest BCUT2D eigenvalue weighted by molar-refractivity contribution is 0.630. The number of nitrogens with one attached hydrogen (secondary N) is 1. The minimum atomic E-state index is -0.510. The predicted molar refractivity (Wildman–Crippen MR) is 105 cm³/mol. The van der Waals surface area contributed by atoms with Crippen LogP contribution in [0.1, 0.15) is 13.3 Å². The standard InChI is InChI=1S/C19H14ClFN2OS/c1-2-7-22-19-18-15(11-5-3-4-6-14(11)23-19)16(24)12-8-10(21)9-13(20)17(12)25-18/h3-6,8-9H,2,7H2,1H3,(H,22,23). The number of hydrogen-bond acceptors (Lipinski definition) is 4. The molecule has 25 heavy (non-hydrogen) atoms. The molecule has 4 rings (SSSR count). The summed E-state index contributed by atoms with van der Waals surface area (Å²) in [5.41, 5.74) is 0.517. The van der Waals surface area contributed by atoms with E-state index in [1.54, 1.807) is 0 Å². The highest BCUT2D eigenvalue weighted by molar-refractivity contribution is 7.25. The molecule has 0 atom stereocenters. The van der Waals surface area contributed by atoms with Crippen LogP contribution in [0, 0.1) is 5.82 Å². The van der Waals surface area contributed by atoms with Gasteiger partial charge in [-0.15, -0.1) is 11.3 Å². The molecule has 126 valence electrons. The van der Waals surface area contributed by atoms with Gasteiger partial charge in [-0.1, -0.05) is 36.7 Å². The van der Waals surface area contributed by atoms with Crippen molar-refractivity contribution in [2.45, 2.75) is 13.3 Å². The first-order chi connectivity index (χ1) is 12.1. The Labute approximate surface area is 152 Å². The zero-order valence-electron chi connectivity index (χ0n) is 13.4. The van der Waals surface area contributed by atoms with Gasteiger partial charge in [0.2, 0.25) is 0 Å². The monoisotopic (exact) mass is 372 g/mol. The molecule has 0 aliphatic heterocycles. The minimum Gasteiger partial charge on any atom is -0.369 e. The van der Waals surface area contributed by atoms with E-state index in [1.807, 2.05) is 24.3 Å². The van der Waals surface area contributed by atoms with Crippen molar-refractivity contribution in [1.29, 1.82) is 0 Å². The zero-order chi connectivity index (χ0) is 17.6. The fourth-order valence-electron chi connectivity index (χ4n) is 2.95. The molecule has 0 unspecified atom stereocenters. The average molecular weight is 373 g/mol. The van der Waals surface area contributed by atoms with Crippen molar-refractivity contribution in [3.63, 3.8) is 0 Å². The second kappa shape index (κ2) is 6.24. The van der Waals surface area contributed by atoms with Gasteiger partial charge in [0, 0.05) is 17.3 Å². The summed E-state index contributed by atoms with van der Waals surface area (Å²) in [6, 6.07) is 9.99. The van der Waals surface area contributed by atoms with Crippen LogP contribution in [0.25, 0.3) is 31.1 Å². The Bertz CT molecular complexity index is 1190. The van der Waals surface area contributed by atoms with Crippen molar-refractivity contribution in [1.82, 2.24) is 4.98 Å². The minimum absolute atomic E-state index is 0.219.